The largest absolute Gasteiger partial charge is 0.488 e. The highest BCUT2D eigenvalue weighted by molar-refractivity contribution is 5.64. The average molecular weight is 229 g/mol. The molecule has 17 heavy (non-hydrogen) atoms. The van der Waals surface area contributed by atoms with Crippen LogP contribution < -0.4 is 4.74 Å². The lowest BCUT2D eigenvalue weighted by molar-refractivity contribution is 0.130. The number of allylic oxidation sites excluding steroid dienone is 1. The molecule has 0 bridgehead atoms. The van der Waals surface area contributed by atoms with Gasteiger partial charge in [0.25, 0.3) is 0 Å². The minimum atomic E-state index is -0.210. The number of rotatable bonds is 4. The molecule has 0 unspecified atom stereocenters. The number of ether oxygens (including phenoxy) is 1. The number of hydrogen-bond acceptors (Lipinski definition) is 1. The van der Waals surface area contributed by atoms with Gasteiger partial charge in [-0.3, -0.25) is 0 Å². The molecular formula is C16H21O. The molecule has 0 N–H and O–H groups in total. The zero-order valence-corrected chi connectivity index (χ0v) is 11.2. The molecule has 1 aromatic carbocycles. The van der Waals surface area contributed by atoms with E-state index in [-0.39, 0.29) is 5.60 Å². The van der Waals surface area contributed by atoms with Gasteiger partial charge in [0, 0.05) is 11.5 Å². The molecule has 1 radical (unpaired) electrons. The van der Waals surface area contributed by atoms with Crippen LogP contribution in [0.2, 0.25) is 0 Å². The molecule has 1 aromatic rings. The van der Waals surface area contributed by atoms with Crippen molar-refractivity contribution in [3.63, 3.8) is 0 Å². The Bertz CT molecular complexity index is 410. The quantitative estimate of drug-likeness (QED) is 0.731. The van der Waals surface area contributed by atoms with Gasteiger partial charge in [-0.1, -0.05) is 37.8 Å². The van der Waals surface area contributed by atoms with E-state index in [0.29, 0.717) is 0 Å². The predicted molar refractivity (Wildman–Crippen MR) is 75.1 cm³/mol. The van der Waals surface area contributed by atoms with Gasteiger partial charge in [0.15, 0.2) is 0 Å². The third-order valence-electron chi connectivity index (χ3n) is 2.42. The summed E-state index contributed by atoms with van der Waals surface area (Å²) in [7, 11) is 0. The topological polar surface area (TPSA) is 9.23 Å². The summed E-state index contributed by atoms with van der Waals surface area (Å²) in [6, 6.07) is 6.03. The van der Waals surface area contributed by atoms with E-state index >= 15 is 0 Å². The van der Waals surface area contributed by atoms with Crippen LogP contribution in [0.4, 0.5) is 0 Å². The third-order valence-corrected chi connectivity index (χ3v) is 2.42. The van der Waals surface area contributed by atoms with Crippen LogP contribution in [-0.2, 0) is 0 Å². The molecule has 1 heteroatoms. The van der Waals surface area contributed by atoms with Gasteiger partial charge in [-0.2, -0.15) is 0 Å². The summed E-state index contributed by atoms with van der Waals surface area (Å²) in [5, 5.41) is 0. The molecule has 0 aromatic heterocycles. The molecule has 0 heterocycles. The Morgan fingerprint density at radius 2 is 1.88 bits per heavy atom. The van der Waals surface area contributed by atoms with Crippen molar-refractivity contribution >= 4 is 6.08 Å². The fourth-order valence-electron chi connectivity index (χ4n) is 1.63. The standard InChI is InChI=1S/C16H21O/c1-7-12(3)14-10-9-11-15(13(14)8-2)17-16(4,5)6/h7-11H,1-2H2,3-6H3. The van der Waals surface area contributed by atoms with Crippen LogP contribution in [0.25, 0.3) is 6.08 Å². The van der Waals surface area contributed by atoms with Gasteiger partial charge in [-0.15, -0.1) is 6.58 Å². The van der Waals surface area contributed by atoms with Crippen molar-refractivity contribution in [1.29, 1.82) is 0 Å². The Kier molecular flexibility index (Phi) is 4.17. The van der Waals surface area contributed by atoms with Gasteiger partial charge < -0.3 is 4.74 Å². The first kappa shape index (κ1) is 13.6. The lowest BCUT2D eigenvalue weighted by atomic mass is 9.95. The van der Waals surface area contributed by atoms with E-state index in [0.717, 1.165) is 22.8 Å². The molecule has 0 aliphatic rings. The highest BCUT2D eigenvalue weighted by Gasteiger charge is 2.16. The van der Waals surface area contributed by atoms with Crippen molar-refractivity contribution < 1.29 is 4.74 Å². The Balaban J connectivity index is 3.23. The predicted octanol–water partition coefficient (Wildman–Crippen LogP) is 4.64. The van der Waals surface area contributed by atoms with Crippen LogP contribution in [0.15, 0.2) is 37.4 Å². The Morgan fingerprint density at radius 1 is 1.24 bits per heavy atom. The summed E-state index contributed by atoms with van der Waals surface area (Å²) in [5.41, 5.74) is 1.94. The first-order valence-electron chi connectivity index (χ1n) is 5.80. The molecule has 0 saturated carbocycles. The zero-order valence-electron chi connectivity index (χ0n) is 11.2. The molecule has 0 fully saturated rings. The van der Waals surface area contributed by atoms with E-state index in [2.05, 4.69) is 19.2 Å². The van der Waals surface area contributed by atoms with Crippen LogP contribution in [0.5, 0.6) is 5.75 Å². The van der Waals surface area contributed by atoms with Crippen molar-refractivity contribution in [2.45, 2.75) is 33.3 Å². The van der Waals surface area contributed by atoms with E-state index in [1.807, 2.05) is 52.0 Å². The second-order valence-electron chi connectivity index (χ2n) is 5.02. The maximum atomic E-state index is 5.94. The molecule has 0 spiro atoms. The zero-order chi connectivity index (χ0) is 13.1. The second-order valence-corrected chi connectivity index (χ2v) is 5.02. The third kappa shape index (κ3) is 3.48. The normalized spacial score (nSPS) is 11.4. The van der Waals surface area contributed by atoms with Crippen molar-refractivity contribution in [2.75, 3.05) is 0 Å². The minimum absolute atomic E-state index is 0.210. The maximum absolute atomic E-state index is 5.94. The summed E-state index contributed by atoms with van der Waals surface area (Å²) in [4.78, 5) is 0. The lowest BCUT2D eigenvalue weighted by Crippen LogP contribution is -2.23. The van der Waals surface area contributed by atoms with Gasteiger partial charge in [0.2, 0.25) is 0 Å². The molecular weight excluding hydrogens is 208 g/mol. The monoisotopic (exact) mass is 229 g/mol. The van der Waals surface area contributed by atoms with E-state index < -0.39 is 0 Å². The average Bonchev–Trinajstić information content (AvgIpc) is 2.25. The number of benzene rings is 1. The van der Waals surface area contributed by atoms with Crippen LogP contribution in [0, 0.1) is 5.92 Å². The van der Waals surface area contributed by atoms with Crippen LogP contribution in [0.3, 0.4) is 0 Å². The van der Waals surface area contributed by atoms with Crippen LogP contribution in [-0.4, -0.2) is 5.60 Å². The van der Waals surface area contributed by atoms with Gasteiger partial charge >= 0.3 is 0 Å². The molecule has 0 amide bonds. The molecule has 1 rings (SSSR count). The summed E-state index contributed by atoms with van der Waals surface area (Å²) in [5.74, 6) is 1.99. The van der Waals surface area contributed by atoms with Gasteiger partial charge in [-0.05, 0) is 32.4 Å². The molecule has 0 aliphatic carbocycles. The highest BCUT2D eigenvalue weighted by Crippen LogP contribution is 2.31. The van der Waals surface area contributed by atoms with Gasteiger partial charge in [-0.25, -0.2) is 0 Å². The fourth-order valence-corrected chi connectivity index (χ4v) is 1.63. The summed E-state index contributed by atoms with van der Waals surface area (Å²) in [6.45, 7) is 15.8. The Labute approximate surface area is 105 Å². The second kappa shape index (κ2) is 5.22. The highest BCUT2D eigenvalue weighted by atomic mass is 16.5. The summed E-state index contributed by atoms with van der Waals surface area (Å²) >= 11 is 0. The summed E-state index contributed by atoms with van der Waals surface area (Å²) in [6.07, 6.45) is 3.69. The number of hydrogen-bond donors (Lipinski definition) is 0. The molecule has 0 saturated heterocycles. The maximum Gasteiger partial charge on any atom is 0.127 e. The van der Waals surface area contributed by atoms with Crippen LogP contribution in [0.1, 0.15) is 38.8 Å². The Morgan fingerprint density at radius 3 is 2.35 bits per heavy atom. The molecule has 0 atom stereocenters. The molecule has 1 nitrogen and oxygen atoms in total. The van der Waals surface area contributed by atoms with Gasteiger partial charge in [0.1, 0.15) is 11.4 Å². The SMILES string of the molecule is C=C[C](C)c1cccc(OC(C)(C)C)c1C=C. The minimum Gasteiger partial charge on any atom is -0.488 e. The smallest absolute Gasteiger partial charge is 0.127 e. The molecule has 91 valence electrons. The van der Waals surface area contributed by atoms with Crippen molar-refractivity contribution in [1.82, 2.24) is 0 Å². The molecule has 0 aliphatic heterocycles. The first-order chi connectivity index (χ1) is 7.89. The Hall–Kier alpha value is -1.50. The first-order valence-corrected chi connectivity index (χ1v) is 5.80. The summed E-state index contributed by atoms with van der Waals surface area (Å²) < 4.78 is 5.94. The van der Waals surface area contributed by atoms with Crippen LogP contribution >= 0.6 is 0 Å². The van der Waals surface area contributed by atoms with Gasteiger partial charge in [0.05, 0.1) is 0 Å². The van der Waals surface area contributed by atoms with Crippen molar-refractivity contribution in [3.8, 4) is 5.75 Å². The van der Waals surface area contributed by atoms with E-state index in [9.17, 15) is 0 Å². The van der Waals surface area contributed by atoms with Crippen molar-refractivity contribution in [2.24, 2.45) is 0 Å². The van der Waals surface area contributed by atoms with E-state index in [4.69, 9.17) is 4.74 Å². The van der Waals surface area contributed by atoms with E-state index in [1.165, 1.54) is 0 Å². The fraction of sp³-hybridized carbons (Fsp3) is 0.312. The lowest BCUT2D eigenvalue weighted by Gasteiger charge is -2.24. The van der Waals surface area contributed by atoms with E-state index in [1.54, 1.807) is 0 Å². The van der Waals surface area contributed by atoms with Crippen molar-refractivity contribution in [3.05, 3.63) is 54.5 Å².